The van der Waals surface area contributed by atoms with Crippen LogP contribution in [0, 0.1) is 6.92 Å². The highest BCUT2D eigenvalue weighted by Crippen LogP contribution is 2.52. The average molecular weight is 245 g/mol. The lowest BCUT2D eigenvalue weighted by molar-refractivity contribution is 0.159. The van der Waals surface area contributed by atoms with E-state index in [1.54, 1.807) is 6.08 Å². The van der Waals surface area contributed by atoms with E-state index in [9.17, 15) is 4.79 Å². The third-order valence-electron chi connectivity index (χ3n) is 3.82. The minimum Gasteiger partial charge on any atom is -0.486 e. The van der Waals surface area contributed by atoms with Crippen LogP contribution in [0.4, 0.5) is 0 Å². The molecule has 1 aromatic rings. The monoisotopic (exact) mass is 245 g/mol. The van der Waals surface area contributed by atoms with E-state index >= 15 is 0 Å². The lowest BCUT2D eigenvalue weighted by Crippen LogP contribution is -2.34. The quantitative estimate of drug-likeness (QED) is 0.594. The first-order valence-electron chi connectivity index (χ1n) is 6.25. The van der Waals surface area contributed by atoms with E-state index in [1.807, 2.05) is 19.1 Å². The second kappa shape index (κ2) is 4.14. The van der Waals surface area contributed by atoms with Gasteiger partial charge in [0.05, 0.1) is 0 Å². The number of benzene rings is 1. The summed E-state index contributed by atoms with van der Waals surface area (Å²) in [7, 11) is 0. The van der Waals surface area contributed by atoms with Gasteiger partial charge in [-0.15, -0.1) is 0 Å². The highest BCUT2D eigenvalue weighted by Gasteiger charge is 2.43. The van der Waals surface area contributed by atoms with Crippen molar-refractivity contribution in [2.24, 2.45) is 4.99 Å². The van der Waals surface area contributed by atoms with Gasteiger partial charge in [-0.2, -0.15) is 4.99 Å². The number of fused-ring (bicyclic) bond motifs is 1. The number of hydrogen-bond acceptors (Lipinski definition) is 4. The van der Waals surface area contributed by atoms with Crippen molar-refractivity contribution in [3.63, 3.8) is 0 Å². The van der Waals surface area contributed by atoms with E-state index in [4.69, 9.17) is 9.47 Å². The molecule has 2 aliphatic rings. The summed E-state index contributed by atoms with van der Waals surface area (Å²) >= 11 is 0. The molecule has 3 rings (SSSR count). The molecule has 0 spiro atoms. The Labute approximate surface area is 106 Å². The predicted molar refractivity (Wildman–Crippen MR) is 65.8 cm³/mol. The summed E-state index contributed by atoms with van der Waals surface area (Å²) in [4.78, 5) is 14.8. The number of isocyanates is 1. The molecule has 1 heterocycles. The lowest BCUT2D eigenvalue weighted by Gasteiger charge is -2.40. The summed E-state index contributed by atoms with van der Waals surface area (Å²) in [6.07, 6.45) is 4.56. The van der Waals surface area contributed by atoms with Crippen molar-refractivity contribution in [3.8, 4) is 11.5 Å². The van der Waals surface area contributed by atoms with E-state index in [2.05, 4.69) is 4.99 Å². The molecular weight excluding hydrogens is 230 g/mol. The summed E-state index contributed by atoms with van der Waals surface area (Å²) in [6.45, 7) is 3.14. The number of hydrogen-bond donors (Lipinski definition) is 0. The molecule has 1 aliphatic carbocycles. The first kappa shape index (κ1) is 11.3. The van der Waals surface area contributed by atoms with Gasteiger partial charge in [0, 0.05) is 5.56 Å². The van der Waals surface area contributed by atoms with Gasteiger partial charge in [-0.3, -0.25) is 0 Å². The summed E-state index contributed by atoms with van der Waals surface area (Å²) in [5.41, 5.74) is 1.67. The van der Waals surface area contributed by atoms with Crippen LogP contribution in [-0.2, 0) is 10.3 Å². The van der Waals surface area contributed by atoms with Gasteiger partial charge in [0.1, 0.15) is 18.8 Å². The second-order valence-corrected chi connectivity index (χ2v) is 4.87. The number of aliphatic imine (C=N–C) groups is 1. The van der Waals surface area contributed by atoms with Gasteiger partial charge in [-0.1, -0.05) is 6.07 Å². The normalized spacial score (nSPS) is 19.6. The zero-order valence-corrected chi connectivity index (χ0v) is 10.4. The third-order valence-corrected chi connectivity index (χ3v) is 3.82. The molecule has 0 unspecified atom stereocenters. The fourth-order valence-corrected chi connectivity index (χ4v) is 2.81. The molecule has 0 radical (unpaired) electrons. The molecule has 0 atom stereocenters. The molecule has 0 saturated heterocycles. The minimum atomic E-state index is -0.433. The van der Waals surface area contributed by atoms with Crippen molar-refractivity contribution in [1.29, 1.82) is 0 Å². The van der Waals surface area contributed by atoms with Gasteiger partial charge in [-0.05, 0) is 37.8 Å². The van der Waals surface area contributed by atoms with Crippen LogP contribution in [0.2, 0.25) is 0 Å². The maximum atomic E-state index is 10.7. The molecule has 0 aromatic heterocycles. The number of aryl methyl sites for hydroxylation is 1. The Morgan fingerprint density at radius 1 is 1.28 bits per heavy atom. The minimum absolute atomic E-state index is 0.433. The number of carbonyl (C=O) groups excluding carboxylic acids is 1. The van der Waals surface area contributed by atoms with Gasteiger partial charge >= 0.3 is 0 Å². The molecule has 0 amide bonds. The second-order valence-electron chi connectivity index (χ2n) is 4.87. The smallest absolute Gasteiger partial charge is 0.235 e. The average Bonchev–Trinajstić information content (AvgIpc) is 2.35. The van der Waals surface area contributed by atoms with Crippen LogP contribution in [0.1, 0.15) is 30.4 Å². The standard InChI is InChI=1S/C14H15NO3/c1-10-3-4-11-13(18-8-7-17-11)12(10)14(15-9-16)5-2-6-14/h3-4H,2,5-8H2,1H3. The Balaban J connectivity index is 2.18. The first-order valence-corrected chi connectivity index (χ1v) is 6.25. The van der Waals surface area contributed by atoms with Crippen molar-refractivity contribution in [3.05, 3.63) is 23.3 Å². The maximum absolute atomic E-state index is 10.7. The van der Waals surface area contributed by atoms with Crippen LogP contribution in [0.25, 0.3) is 0 Å². The van der Waals surface area contributed by atoms with Crippen molar-refractivity contribution >= 4 is 6.08 Å². The van der Waals surface area contributed by atoms with Crippen molar-refractivity contribution in [2.75, 3.05) is 13.2 Å². The van der Waals surface area contributed by atoms with Crippen LogP contribution in [0.15, 0.2) is 17.1 Å². The van der Waals surface area contributed by atoms with Crippen LogP contribution in [0.3, 0.4) is 0 Å². The van der Waals surface area contributed by atoms with E-state index < -0.39 is 5.54 Å². The molecule has 1 fully saturated rings. The fourth-order valence-electron chi connectivity index (χ4n) is 2.81. The number of nitrogens with zero attached hydrogens (tertiary/aromatic N) is 1. The topological polar surface area (TPSA) is 47.9 Å². The molecule has 4 heteroatoms. The van der Waals surface area contributed by atoms with Crippen LogP contribution in [0.5, 0.6) is 11.5 Å². The van der Waals surface area contributed by atoms with Crippen LogP contribution >= 0.6 is 0 Å². The zero-order chi connectivity index (χ0) is 12.6. The molecule has 0 bridgehead atoms. The Morgan fingerprint density at radius 3 is 2.72 bits per heavy atom. The van der Waals surface area contributed by atoms with Gasteiger partial charge in [0.2, 0.25) is 6.08 Å². The third kappa shape index (κ3) is 1.53. The molecule has 4 nitrogen and oxygen atoms in total. The van der Waals surface area contributed by atoms with Crippen LogP contribution in [-0.4, -0.2) is 19.3 Å². The van der Waals surface area contributed by atoms with E-state index in [-0.39, 0.29) is 0 Å². The Kier molecular flexibility index (Phi) is 2.60. The molecule has 1 aliphatic heterocycles. The largest absolute Gasteiger partial charge is 0.486 e. The summed E-state index contributed by atoms with van der Waals surface area (Å²) in [5.74, 6) is 1.52. The van der Waals surface area contributed by atoms with Crippen LogP contribution < -0.4 is 9.47 Å². The highest BCUT2D eigenvalue weighted by atomic mass is 16.6. The predicted octanol–water partition coefficient (Wildman–Crippen LogP) is 2.48. The molecule has 94 valence electrons. The van der Waals surface area contributed by atoms with Gasteiger partial charge in [0.15, 0.2) is 11.5 Å². The van der Waals surface area contributed by atoms with Gasteiger partial charge < -0.3 is 9.47 Å². The molecule has 1 saturated carbocycles. The highest BCUT2D eigenvalue weighted by molar-refractivity contribution is 5.56. The Bertz CT molecular complexity index is 528. The molecule has 0 N–H and O–H groups in total. The Hall–Kier alpha value is -1.80. The van der Waals surface area contributed by atoms with Crippen molar-refractivity contribution in [1.82, 2.24) is 0 Å². The summed E-state index contributed by atoms with van der Waals surface area (Å²) in [6, 6.07) is 3.92. The first-order chi connectivity index (χ1) is 8.77. The van der Waals surface area contributed by atoms with Gasteiger partial charge in [-0.25, -0.2) is 4.79 Å². The zero-order valence-electron chi connectivity index (χ0n) is 10.4. The molecule has 18 heavy (non-hydrogen) atoms. The molecular formula is C14H15NO3. The van der Waals surface area contributed by atoms with E-state index in [0.717, 1.165) is 41.9 Å². The van der Waals surface area contributed by atoms with E-state index in [0.29, 0.717) is 13.2 Å². The fraction of sp³-hybridized carbons (Fsp3) is 0.500. The van der Waals surface area contributed by atoms with Crippen molar-refractivity contribution in [2.45, 2.75) is 31.7 Å². The van der Waals surface area contributed by atoms with E-state index in [1.165, 1.54) is 0 Å². The summed E-state index contributed by atoms with van der Waals surface area (Å²) in [5, 5.41) is 0. The maximum Gasteiger partial charge on any atom is 0.235 e. The lowest BCUT2D eigenvalue weighted by atomic mass is 9.70. The Morgan fingerprint density at radius 2 is 2.06 bits per heavy atom. The van der Waals surface area contributed by atoms with Gasteiger partial charge in [0.25, 0.3) is 0 Å². The number of rotatable bonds is 2. The van der Waals surface area contributed by atoms with Crippen molar-refractivity contribution < 1.29 is 14.3 Å². The SMILES string of the molecule is Cc1ccc2c(c1C1(N=C=O)CCC1)OCCO2. The number of ether oxygens (including phenoxy) is 2. The molecule has 1 aromatic carbocycles. The summed E-state index contributed by atoms with van der Waals surface area (Å²) < 4.78 is 11.3.